The molecule has 82 valence electrons. The van der Waals surface area contributed by atoms with Gasteiger partial charge in [0, 0.05) is 25.0 Å². The predicted octanol–water partition coefficient (Wildman–Crippen LogP) is 2.31. The Morgan fingerprint density at radius 3 is 2.60 bits per heavy atom. The molecule has 1 saturated heterocycles. The highest BCUT2D eigenvalue weighted by atomic mass is 15.2. The lowest BCUT2D eigenvalue weighted by molar-refractivity contribution is 0.134. The fourth-order valence-corrected chi connectivity index (χ4v) is 2.19. The molecule has 0 radical (unpaired) electrons. The quantitative estimate of drug-likeness (QED) is 0.751. The van der Waals surface area contributed by atoms with Gasteiger partial charge in [-0.3, -0.25) is 4.98 Å². The first kappa shape index (κ1) is 10.6. The minimum absolute atomic E-state index is 0.536. The van der Waals surface area contributed by atoms with Crippen molar-refractivity contribution in [3.63, 3.8) is 0 Å². The standard InChI is InChI=1S/C13H20N2/c1-10(2)13-5-4-11(7-14-13)6-12-8-15(3)9-12/h4-5,7,10,12H,6,8-9H2,1-3H3. The van der Waals surface area contributed by atoms with E-state index < -0.39 is 0 Å². The first-order valence-electron chi connectivity index (χ1n) is 5.78. The van der Waals surface area contributed by atoms with Crippen molar-refractivity contribution in [2.75, 3.05) is 20.1 Å². The van der Waals surface area contributed by atoms with Crippen molar-refractivity contribution in [3.8, 4) is 0 Å². The Morgan fingerprint density at radius 2 is 2.13 bits per heavy atom. The zero-order chi connectivity index (χ0) is 10.8. The van der Waals surface area contributed by atoms with Crippen LogP contribution in [0.25, 0.3) is 0 Å². The summed E-state index contributed by atoms with van der Waals surface area (Å²) in [5, 5.41) is 0. The maximum absolute atomic E-state index is 4.50. The molecule has 0 saturated carbocycles. The summed E-state index contributed by atoms with van der Waals surface area (Å²) in [4.78, 5) is 6.86. The number of pyridine rings is 1. The molecule has 0 spiro atoms. The molecule has 2 nitrogen and oxygen atoms in total. The highest BCUT2D eigenvalue weighted by Crippen LogP contribution is 2.19. The van der Waals surface area contributed by atoms with Crippen LogP contribution in [-0.4, -0.2) is 30.0 Å². The zero-order valence-corrected chi connectivity index (χ0v) is 9.90. The first-order chi connectivity index (χ1) is 7.15. The molecule has 15 heavy (non-hydrogen) atoms. The van der Waals surface area contributed by atoms with Crippen molar-refractivity contribution >= 4 is 0 Å². The number of hydrogen-bond donors (Lipinski definition) is 0. The Balaban J connectivity index is 1.92. The van der Waals surface area contributed by atoms with E-state index in [1.807, 2.05) is 6.20 Å². The Labute approximate surface area is 92.3 Å². The van der Waals surface area contributed by atoms with Gasteiger partial charge in [-0.2, -0.15) is 0 Å². The smallest absolute Gasteiger partial charge is 0.0429 e. The number of aromatic nitrogens is 1. The molecule has 2 rings (SSSR count). The minimum Gasteiger partial charge on any atom is -0.306 e. The molecule has 1 fully saturated rings. The van der Waals surface area contributed by atoms with E-state index in [-0.39, 0.29) is 0 Å². The van der Waals surface area contributed by atoms with E-state index in [0.717, 1.165) is 5.92 Å². The van der Waals surface area contributed by atoms with E-state index in [1.54, 1.807) is 0 Å². The van der Waals surface area contributed by atoms with Crippen LogP contribution >= 0.6 is 0 Å². The second-order valence-corrected chi connectivity index (χ2v) is 5.04. The van der Waals surface area contributed by atoms with E-state index in [0.29, 0.717) is 5.92 Å². The highest BCUT2D eigenvalue weighted by Gasteiger charge is 2.22. The molecule has 0 aliphatic carbocycles. The number of likely N-dealkylation sites (tertiary alicyclic amines) is 1. The molecule has 2 heterocycles. The summed E-state index contributed by atoms with van der Waals surface area (Å²) >= 11 is 0. The number of rotatable bonds is 3. The molecule has 0 amide bonds. The van der Waals surface area contributed by atoms with Crippen LogP contribution in [0.3, 0.4) is 0 Å². The topological polar surface area (TPSA) is 16.1 Å². The van der Waals surface area contributed by atoms with Gasteiger partial charge in [0.05, 0.1) is 0 Å². The third-order valence-corrected chi connectivity index (χ3v) is 3.10. The third-order valence-electron chi connectivity index (χ3n) is 3.10. The third kappa shape index (κ3) is 2.57. The maximum atomic E-state index is 4.50. The summed E-state index contributed by atoms with van der Waals surface area (Å²) in [6, 6.07) is 4.41. The number of hydrogen-bond acceptors (Lipinski definition) is 2. The van der Waals surface area contributed by atoms with Crippen molar-refractivity contribution in [2.24, 2.45) is 5.92 Å². The van der Waals surface area contributed by atoms with Crippen molar-refractivity contribution in [3.05, 3.63) is 29.6 Å². The Hall–Kier alpha value is -0.890. The van der Waals surface area contributed by atoms with E-state index in [4.69, 9.17) is 0 Å². The van der Waals surface area contributed by atoms with Gasteiger partial charge in [0.2, 0.25) is 0 Å². The molecule has 0 unspecified atom stereocenters. The van der Waals surface area contributed by atoms with Gasteiger partial charge < -0.3 is 4.90 Å². The van der Waals surface area contributed by atoms with Crippen LogP contribution in [0.2, 0.25) is 0 Å². The molecule has 1 aliphatic heterocycles. The van der Waals surface area contributed by atoms with Gasteiger partial charge in [0.15, 0.2) is 0 Å². The second-order valence-electron chi connectivity index (χ2n) is 5.04. The summed E-state index contributed by atoms with van der Waals surface area (Å²) in [5.41, 5.74) is 2.59. The SMILES string of the molecule is CC(C)c1ccc(CC2CN(C)C2)cn1. The Bertz CT molecular complexity index is 310. The van der Waals surface area contributed by atoms with Gasteiger partial charge in [0.1, 0.15) is 0 Å². The van der Waals surface area contributed by atoms with Crippen molar-refractivity contribution < 1.29 is 0 Å². The summed E-state index contributed by atoms with van der Waals surface area (Å²) < 4.78 is 0. The van der Waals surface area contributed by atoms with Gasteiger partial charge in [-0.25, -0.2) is 0 Å². The summed E-state index contributed by atoms with van der Waals surface area (Å²) in [6.07, 6.45) is 3.24. The van der Waals surface area contributed by atoms with Gasteiger partial charge in [-0.1, -0.05) is 19.9 Å². The van der Waals surface area contributed by atoms with Gasteiger partial charge >= 0.3 is 0 Å². The van der Waals surface area contributed by atoms with Crippen molar-refractivity contribution in [1.82, 2.24) is 9.88 Å². The average Bonchev–Trinajstić information content (AvgIpc) is 2.16. The maximum Gasteiger partial charge on any atom is 0.0429 e. The molecule has 0 atom stereocenters. The molecule has 1 aliphatic rings. The largest absolute Gasteiger partial charge is 0.306 e. The lowest BCUT2D eigenvalue weighted by Gasteiger charge is -2.36. The molecule has 2 heteroatoms. The molecule has 0 N–H and O–H groups in total. The predicted molar refractivity (Wildman–Crippen MR) is 63.0 cm³/mol. The molecule has 0 bridgehead atoms. The second kappa shape index (κ2) is 4.31. The zero-order valence-electron chi connectivity index (χ0n) is 9.90. The van der Waals surface area contributed by atoms with Crippen LogP contribution in [-0.2, 0) is 6.42 Å². The summed E-state index contributed by atoms with van der Waals surface area (Å²) in [6.45, 7) is 6.85. The van der Waals surface area contributed by atoms with Crippen LogP contribution in [0.5, 0.6) is 0 Å². The molecular weight excluding hydrogens is 184 g/mol. The molecular formula is C13H20N2. The Morgan fingerprint density at radius 1 is 1.40 bits per heavy atom. The number of nitrogens with zero attached hydrogens (tertiary/aromatic N) is 2. The van der Waals surface area contributed by atoms with Crippen molar-refractivity contribution in [1.29, 1.82) is 0 Å². The van der Waals surface area contributed by atoms with E-state index in [9.17, 15) is 0 Å². The van der Waals surface area contributed by atoms with E-state index >= 15 is 0 Å². The summed E-state index contributed by atoms with van der Waals surface area (Å²) in [5.74, 6) is 1.38. The van der Waals surface area contributed by atoms with Gasteiger partial charge in [-0.15, -0.1) is 0 Å². The minimum atomic E-state index is 0.536. The first-order valence-corrected chi connectivity index (χ1v) is 5.78. The molecule has 0 aromatic carbocycles. The van der Waals surface area contributed by atoms with Crippen LogP contribution in [0.4, 0.5) is 0 Å². The van der Waals surface area contributed by atoms with E-state index in [2.05, 4.69) is 42.9 Å². The van der Waals surface area contributed by atoms with Gasteiger partial charge in [0.25, 0.3) is 0 Å². The molecule has 1 aromatic heterocycles. The Kier molecular flexibility index (Phi) is 3.06. The van der Waals surface area contributed by atoms with Crippen LogP contribution < -0.4 is 0 Å². The van der Waals surface area contributed by atoms with Crippen LogP contribution in [0.1, 0.15) is 31.0 Å². The van der Waals surface area contributed by atoms with Crippen LogP contribution in [0.15, 0.2) is 18.3 Å². The fourth-order valence-electron chi connectivity index (χ4n) is 2.19. The lowest BCUT2D eigenvalue weighted by Crippen LogP contribution is -2.44. The van der Waals surface area contributed by atoms with E-state index in [1.165, 1.54) is 30.8 Å². The normalized spacial score (nSPS) is 18.1. The van der Waals surface area contributed by atoms with Gasteiger partial charge in [-0.05, 0) is 36.9 Å². The highest BCUT2D eigenvalue weighted by molar-refractivity contribution is 5.17. The average molecular weight is 204 g/mol. The lowest BCUT2D eigenvalue weighted by atomic mass is 9.93. The van der Waals surface area contributed by atoms with Crippen molar-refractivity contribution in [2.45, 2.75) is 26.2 Å². The molecule has 1 aromatic rings. The summed E-state index contributed by atoms with van der Waals surface area (Å²) in [7, 11) is 2.18. The fraction of sp³-hybridized carbons (Fsp3) is 0.615. The monoisotopic (exact) mass is 204 g/mol. The van der Waals surface area contributed by atoms with Crippen LogP contribution in [0, 0.1) is 5.92 Å².